The fourth-order valence-corrected chi connectivity index (χ4v) is 2.55. The first kappa shape index (κ1) is 17.4. The van der Waals surface area contributed by atoms with E-state index < -0.39 is 0 Å². The number of aromatic nitrogens is 2. The normalized spacial score (nSPS) is 11.5. The summed E-state index contributed by atoms with van der Waals surface area (Å²) in [7, 11) is 0. The van der Waals surface area contributed by atoms with Crippen molar-refractivity contribution in [1.82, 2.24) is 9.97 Å². The van der Waals surface area contributed by atoms with Crippen molar-refractivity contribution >= 4 is 29.0 Å². The van der Waals surface area contributed by atoms with Crippen LogP contribution in [0.1, 0.15) is 25.5 Å². The summed E-state index contributed by atoms with van der Waals surface area (Å²) in [6, 6.07) is 19.5. The number of carbonyl (C=O) groups is 1. The van der Waals surface area contributed by atoms with Crippen LogP contribution >= 0.6 is 0 Å². The van der Waals surface area contributed by atoms with Crippen LogP contribution in [0.5, 0.6) is 0 Å². The molecule has 6 nitrogen and oxygen atoms in total. The number of nitrogens with one attached hydrogen (secondary N) is 3. The Kier molecular flexibility index (Phi) is 5.43. The molecule has 26 heavy (non-hydrogen) atoms. The zero-order chi connectivity index (χ0) is 18.4. The molecule has 0 aliphatic rings. The predicted octanol–water partition coefficient (Wildman–Crippen LogP) is 4.35. The lowest BCUT2D eigenvalue weighted by Crippen LogP contribution is -2.09. The summed E-state index contributed by atoms with van der Waals surface area (Å²) in [5, 5.41) is 9.29. The molecule has 3 aromatic rings. The molecule has 132 valence electrons. The molecule has 0 saturated heterocycles. The zero-order valence-electron chi connectivity index (χ0n) is 14.7. The number of anilines is 4. The molecule has 1 aromatic heterocycles. The number of nitrogens with zero attached hydrogens (tertiary/aromatic N) is 2. The first-order valence-corrected chi connectivity index (χ1v) is 8.39. The fourth-order valence-electron chi connectivity index (χ4n) is 2.55. The van der Waals surface area contributed by atoms with Gasteiger partial charge in [-0.15, -0.1) is 0 Å². The van der Waals surface area contributed by atoms with Gasteiger partial charge < -0.3 is 16.0 Å². The summed E-state index contributed by atoms with van der Waals surface area (Å²) in [5.74, 6) is 1.10. The standard InChI is InChI=1S/C20H21N5O/c1-14(16-7-4-3-5-8-16)22-19-11-12-21-20(25-19)24-18-10-6-9-17(13-18)23-15(2)26/h3-14H,1-2H3,(H,23,26)(H2,21,22,24,25). The first-order valence-electron chi connectivity index (χ1n) is 8.39. The molecule has 0 fully saturated rings. The lowest BCUT2D eigenvalue weighted by Gasteiger charge is -2.15. The maximum absolute atomic E-state index is 11.2. The van der Waals surface area contributed by atoms with Crippen molar-refractivity contribution in [3.8, 4) is 0 Å². The Bertz CT molecular complexity index is 882. The summed E-state index contributed by atoms with van der Waals surface area (Å²) in [6.45, 7) is 3.56. The molecule has 0 radical (unpaired) electrons. The van der Waals surface area contributed by atoms with Gasteiger partial charge in [0.1, 0.15) is 5.82 Å². The minimum absolute atomic E-state index is 0.112. The number of carbonyl (C=O) groups excluding carboxylic acids is 1. The molecule has 6 heteroatoms. The third kappa shape index (κ3) is 4.80. The minimum Gasteiger partial charge on any atom is -0.363 e. The van der Waals surface area contributed by atoms with Crippen LogP contribution in [0.15, 0.2) is 66.9 Å². The highest BCUT2D eigenvalue weighted by molar-refractivity contribution is 5.89. The van der Waals surface area contributed by atoms with Crippen LogP contribution in [0.2, 0.25) is 0 Å². The molecule has 0 saturated carbocycles. The predicted molar refractivity (Wildman–Crippen MR) is 105 cm³/mol. The molecular formula is C20H21N5O. The van der Waals surface area contributed by atoms with Crippen LogP contribution in [0.25, 0.3) is 0 Å². The number of benzene rings is 2. The van der Waals surface area contributed by atoms with E-state index in [1.165, 1.54) is 12.5 Å². The highest BCUT2D eigenvalue weighted by Gasteiger charge is 2.07. The van der Waals surface area contributed by atoms with E-state index in [0.29, 0.717) is 5.95 Å². The zero-order valence-corrected chi connectivity index (χ0v) is 14.7. The van der Waals surface area contributed by atoms with Crippen molar-refractivity contribution in [2.45, 2.75) is 19.9 Å². The molecule has 0 aliphatic heterocycles. The molecule has 1 unspecified atom stereocenters. The average molecular weight is 347 g/mol. The highest BCUT2D eigenvalue weighted by atomic mass is 16.1. The third-order valence-corrected chi connectivity index (χ3v) is 3.76. The number of hydrogen-bond acceptors (Lipinski definition) is 5. The second-order valence-electron chi connectivity index (χ2n) is 5.93. The molecule has 3 N–H and O–H groups in total. The molecule has 1 atom stereocenters. The van der Waals surface area contributed by atoms with Crippen molar-refractivity contribution < 1.29 is 4.79 Å². The highest BCUT2D eigenvalue weighted by Crippen LogP contribution is 2.21. The van der Waals surface area contributed by atoms with Gasteiger partial charge >= 0.3 is 0 Å². The summed E-state index contributed by atoms with van der Waals surface area (Å²) in [4.78, 5) is 19.9. The largest absolute Gasteiger partial charge is 0.363 e. The molecule has 3 rings (SSSR count). The van der Waals surface area contributed by atoms with Gasteiger partial charge in [-0.05, 0) is 36.8 Å². The summed E-state index contributed by atoms with van der Waals surface area (Å²) in [6.07, 6.45) is 1.70. The molecule has 1 heterocycles. The van der Waals surface area contributed by atoms with E-state index in [4.69, 9.17) is 0 Å². The molecular weight excluding hydrogens is 326 g/mol. The SMILES string of the molecule is CC(=O)Nc1cccc(Nc2nccc(NC(C)c3ccccc3)n2)c1. The summed E-state index contributed by atoms with van der Waals surface area (Å²) in [5.41, 5.74) is 2.70. The summed E-state index contributed by atoms with van der Waals surface area (Å²) >= 11 is 0. The van der Waals surface area contributed by atoms with E-state index in [-0.39, 0.29) is 11.9 Å². The Morgan fingerprint density at radius 3 is 2.54 bits per heavy atom. The van der Waals surface area contributed by atoms with Crippen LogP contribution in [0.3, 0.4) is 0 Å². The maximum Gasteiger partial charge on any atom is 0.229 e. The van der Waals surface area contributed by atoms with E-state index in [1.807, 2.05) is 48.5 Å². The molecule has 2 aromatic carbocycles. The third-order valence-electron chi connectivity index (χ3n) is 3.76. The quantitative estimate of drug-likeness (QED) is 0.618. The van der Waals surface area contributed by atoms with Crippen LogP contribution in [-0.4, -0.2) is 15.9 Å². The van der Waals surface area contributed by atoms with Gasteiger partial charge in [-0.2, -0.15) is 4.98 Å². The van der Waals surface area contributed by atoms with E-state index in [1.54, 1.807) is 6.20 Å². The molecule has 1 amide bonds. The van der Waals surface area contributed by atoms with Crippen LogP contribution < -0.4 is 16.0 Å². The monoisotopic (exact) mass is 347 g/mol. The van der Waals surface area contributed by atoms with Gasteiger partial charge in [-0.3, -0.25) is 4.79 Å². The topological polar surface area (TPSA) is 78.9 Å². The Morgan fingerprint density at radius 2 is 1.77 bits per heavy atom. The Hall–Kier alpha value is -3.41. The second kappa shape index (κ2) is 8.11. The second-order valence-corrected chi connectivity index (χ2v) is 5.93. The lowest BCUT2D eigenvalue weighted by molar-refractivity contribution is -0.114. The molecule has 0 bridgehead atoms. The number of hydrogen-bond donors (Lipinski definition) is 3. The average Bonchev–Trinajstić information content (AvgIpc) is 2.62. The van der Waals surface area contributed by atoms with Crippen molar-refractivity contribution in [2.75, 3.05) is 16.0 Å². The van der Waals surface area contributed by atoms with Gasteiger partial charge in [0, 0.05) is 30.5 Å². The van der Waals surface area contributed by atoms with Crippen molar-refractivity contribution in [1.29, 1.82) is 0 Å². The molecule has 0 spiro atoms. The van der Waals surface area contributed by atoms with Gasteiger partial charge in [0.25, 0.3) is 0 Å². The van der Waals surface area contributed by atoms with E-state index >= 15 is 0 Å². The van der Waals surface area contributed by atoms with E-state index in [9.17, 15) is 4.79 Å². The van der Waals surface area contributed by atoms with Crippen LogP contribution in [0, 0.1) is 0 Å². The van der Waals surface area contributed by atoms with Crippen LogP contribution in [-0.2, 0) is 4.79 Å². The Balaban J connectivity index is 1.70. The molecule has 0 aliphatic carbocycles. The van der Waals surface area contributed by atoms with E-state index in [0.717, 1.165) is 17.2 Å². The summed E-state index contributed by atoms with van der Waals surface area (Å²) < 4.78 is 0. The fraction of sp³-hybridized carbons (Fsp3) is 0.150. The lowest BCUT2D eigenvalue weighted by atomic mass is 10.1. The number of amides is 1. The smallest absolute Gasteiger partial charge is 0.229 e. The van der Waals surface area contributed by atoms with Gasteiger partial charge in [-0.1, -0.05) is 36.4 Å². The first-order chi connectivity index (χ1) is 12.6. The maximum atomic E-state index is 11.2. The van der Waals surface area contributed by atoms with Crippen molar-refractivity contribution in [3.05, 3.63) is 72.4 Å². The van der Waals surface area contributed by atoms with Crippen molar-refractivity contribution in [3.63, 3.8) is 0 Å². The number of rotatable bonds is 6. The van der Waals surface area contributed by atoms with Gasteiger partial charge in [0.2, 0.25) is 11.9 Å². The van der Waals surface area contributed by atoms with Crippen LogP contribution in [0.4, 0.5) is 23.1 Å². The van der Waals surface area contributed by atoms with Gasteiger partial charge in [-0.25, -0.2) is 4.98 Å². The van der Waals surface area contributed by atoms with Gasteiger partial charge in [0.15, 0.2) is 0 Å². The van der Waals surface area contributed by atoms with Gasteiger partial charge in [0.05, 0.1) is 0 Å². The van der Waals surface area contributed by atoms with Crippen molar-refractivity contribution in [2.24, 2.45) is 0 Å². The Labute approximate surface area is 152 Å². The van der Waals surface area contributed by atoms with E-state index in [2.05, 4.69) is 45.0 Å². The Morgan fingerprint density at radius 1 is 1.00 bits per heavy atom. The minimum atomic E-state index is -0.112.